The van der Waals surface area contributed by atoms with Gasteiger partial charge in [-0.1, -0.05) is 33.1 Å². The van der Waals surface area contributed by atoms with Gasteiger partial charge in [0.2, 0.25) is 0 Å². The molecule has 1 aliphatic carbocycles. The first-order valence-corrected chi connectivity index (χ1v) is 8.79. The maximum atomic E-state index is 4.79. The zero-order valence-electron chi connectivity index (χ0n) is 13.4. The number of aryl methyl sites for hydroxylation is 1. The van der Waals surface area contributed by atoms with Gasteiger partial charge in [-0.2, -0.15) is 0 Å². The van der Waals surface area contributed by atoms with Gasteiger partial charge in [-0.3, -0.25) is 0 Å². The predicted molar refractivity (Wildman–Crippen MR) is 88.7 cm³/mol. The molecule has 1 aliphatic rings. The van der Waals surface area contributed by atoms with Crippen LogP contribution in [0.3, 0.4) is 0 Å². The Balaban J connectivity index is 1.94. The smallest absolute Gasteiger partial charge is 0.185 e. The number of nitrogens with zero attached hydrogens (tertiary/aromatic N) is 2. The standard InChI is InChI=1S/C16H29N3S/c1-12(2)10-17-11-15-13(3)18-16(20-15)19(4)14-8-6-5-7-9-14/h12,14,17H,5-11H2,1-4H3. The van der Waals surface area contributed by atoms with Crippen LogP contribution in [0.2, 0.25) is 0 Å². The van der Waals surface area contributed by atoms with Crippen molar-refractivity contribution in [3.05, 3.63) is 10.6 Å². The van der Waals surface area contributed by atoms with E-state index in [4.69, 9.17) is 4.98 Å². The molecule has 1 aromatic rings. The Hall–Kier alpha value is -0.610. The highest BCUT2D eigenvalue weighted by atomic mass is 32.1. The largest absolute Gasteiger partial charge is 0.348 e. The summed E-state index contributed by atoms with van der Waals surface area (Å²) < 4.78 is 0. The second kappa shape index (κ2) is 7.41. The lowest BCUT2D eigenvalue weighted by Gasteiger charge is -2.30. The van der Waals surface area contributed by atoms with Crippen LogP contribution in [0.25, 0.3) is 0 Å². The van der Waals surface area contributed by atoms with E-state index >= 15 is 0 Å². The van der Waals surface area contributed by atoms with E-state index in [-0.39, 0.29) is 0 Å². The summed E-state index contributed by atoms with van der Waals surface area (Å²) >= 11 is 1.87. The molecule has 0 radical (unpaired) electrons. The minimum Gasteiger partial charge on any atom is -0.348 e. The van der Waals surface area contributed by atoms with Gasteiger partial charge in [0.1, 0.15) is 0 Å². The number of rotatable bonds is 6. The summed E-state index contributed by atoms with van der Waals surface area (Å²) in [6.07, 6.45) is 6.82. The van der Waals surface area contributed by atoms with Gasteiger partial charge in [-0.05, 0) is 32.2 Å². The maximum absolute atomic E-state index is 4.79. The van der Waals surface area contributed by atoms with Gasteiger partial charge in [-0.25, -0.2) is 4.98 Å². The summed E-state index contributed by atoms with van der Waals surface area (Å²) in [7, 11) is 2.22. The van der Waals surface area contributed by atoms with Crippen LogP contribution in [0.5, 0.6) is 0 Å². The van der Waals surface area contributed by atoms with Crippen molar-refractivity contribution in [3.63, 3.8) is 0 Å². The van der Waals surface area contributed by atoms with Gasteiger partial charge in [0, 0.05) is 24.5 Å². The Bertz CT molecular complexity index is 408. The molecule has 1 fully saturated rings. The zero-order valence-corrected chi connectivity index (χ0v) is 14.2. The third kappa shape index (κ3) is 4.19. The fourth-order valence-corrected chi connectivity index (χ4v) is 3.89. The Morgan fingerprint density at radius 1 is 1.30 bits per heavy atom. The lowest BCUT2D eigenvalue weighted by Crippen LogP contribution is -2.33. The van der Waals surface area contributed by atoms with Crippen molar-refractivity contribution in [2.45, 2.75) is 65.5 Å². The second-order valence-electron chi connectivity index (χ2n) is 6.43. The molecular formula is C16H29N3S. The number of hydrogen-bond acceptors (Lipinski definition) is 4. The van der Waals surface area contributed by atoms with Gasteiger partial charge in [-0.15, -0.1) is 11.3 Å². The third-order valence-corrected chi connectivity index (χ3v) is 5.39. The molecule has 0 atom stereocenters. The molecule has 1 heterocycles. The summed E-state index contributed by atoms with van der Waals surface area (Å²) in [5.41, 5.74) is 1.20. The molecule has 114 valence electrons. The van der Waals surface area contributed by atoms with Gasteiger partial charge >= 0.3 is 0 Å². The van der Waals surface area contributed by atoms with Crippen molar-refractivity contribution in [2.75, 3.05) is 18.5 Å². The van der Waals surface area contributed by atoms with Crippen LogP contribution in [0.15, 0.2) is 0 Å². The average Bonchev–Trinajstić information content (AvgIpc) is 2.80. The molecule has 0 aromatic carbocycles. The van der Waals surface area contributed by atoms with E-state index in [1.54, 1.807) is 0 Å². The van der Waals surface area contributed by atoms with Gasteiger partial charge in [0.25, 0.3) is 0 Å². The number of anilines is 1. The van der Waals surface area contributed by atoms with E-state index in [9.17, 15) is 0 Å². The van der Waals surface area contributed by atoms with E-state index in [0.717, 1.165) is 13.1 Å². The minimum absolute atomic E-state index is 0.700. The first kappa shape index (κ1) is 15.8. The summed E-state index contributed by atoms with van der Waals surface area (Å²) in [5.74, 6) is 0.701. The first-order valence-electron chi connectivity index (χ1n) is 7.97. The van der Waals surface area contributed by atoms with Crippen molar-refractivity contribution in [2.24, 2.45) is 5.92 Å². The number of nitrogens with one attached hydrogen (secondary N) is 1. The molecule has 2 rings (SSSR count). The SMILES string of the molecule is Cc1nc(N(C)C2CCCCC2)sc1CNCC(C)C. The van der Waals surface area contributed by atoms with E-state index < -0.39 is 0 Å². The number of thiazole rings is 1. The lowest BCUT2D eigenvalue weighted by molar-refractivity contribution is 0.427. The molecule has 0 spiro atoms. The molecule has 20 heavy (non-hydrogen) atoms. The van der Waals surface area contributed by atoms with E-state index in [0.29, 0.717) is 12.0 Å². The second-order valence-corrected chi connectivity index (χ2v) is 7.49. The molecule has 0 aliphatic heterocycles. The first-order chi connectivity index (χ1) is 9.58. The number of hydrogen-bond donors (Lipinski definition) is 1. The maximum Gasteiger partial charge on any atom is 0.185 e. The normalized spacial score (nSPS) is 16.9. The number of aromatic nitrogens is 1. The summed E-state index contributed by atoms with van der Waals surface area (Å²) in [6, 6.07) is 0.700. The van der Waals surface area contributed by atoms with E-state index in [2.05, 4.69) is 38.0 Å². The van der Waals surface area contributed by atoms with Crippen LogP contribution in [0, 0.1) is 12.8 Å². The highest BCUT2D eigenvalue weighted by molar-refractivity contribution is 7.15. The van der Waals surface area contributed by atoms with Crippen LogP contribution in [0.1, 0.15) is 56.5 Å². The highest BCUT2D eigenvalue weighted by Crippen LogP contribution is 2.30. The quantitative estimate of drug-likeness (QED) is 0.861. The zero-order chi connectivity index (χ0) is 14.5. The van der Waals surface area contributed by atoms with Crippen LogP contribution in [-0.4, -0.2) is 24.6 Å². The summed E-state index contributed by atoms with van der Waals surface area (Å²) in [6.45, 7) is 8.66. The monoisotopic (exact) mass is 295 g/mol. The van der Waals surface area contributed by atoms with E-state index in [1.807, 2.05) is 11.3 Å². The fourth-order valence-electron chi connectivity index (χ4n) is 2.83. The van der Waals surface area contributed by atoms with E-state index in [1.165, 1.54) is 47.8 Å². The third-order valence-electron chi connectivity index (χ3n) is 4.14. The van der Waals surface area contributed by atoms with Gasteiger partial charge in [0.15, 0.2) is 5.13 Å². The molecule has 1 saturated carbocycles. The predicted octanol–water partition coefficient (Wildman–Crippen LogP) is 3.97. The van der Waals surface area contributed by atoms with Gasteiger partial charge in [0.05, 0.1) is 5.69 Å². The van der Waals surface area contributed by atoms with Crippen LogP contribution >= 0.6 is 11.3 Å². The Labute approximate surface area is 127 Å². The van der Waals surface area contributed by atoms with Crippen molar-refractivity contribution < 1.29 is 0 Å². The Kier molecular flexibility index (Phi) is 5.85. The highest BCUT2D eigenvalue weighted by Gasteiger charge is 2.21. The van der Waals surface area contributed by atoms with Crippen molar-refractivity contribution in [1.82, 2.24) is 10.3 Å². The molecule has 0 unspecified atom stereocenters. The molecule has 0 bridgehead atoms. The molecule has 0 amide bonds. The van der Waals surface area contributed by atoms with Crippen molar-refractivity contribution in [1.29, 1.82) is 0 Å². The summed E-state index contributed by atoms with van der Waals surface area (Å²) in [5, 5.41) is 4.73. The molecule has 4 heteroatoms. The molecule has 1 aromatic heterocycles. The van der Waals surface area contributed by atoms with Crippen LogP contribution in [0.4, 0.5) is 5.13 Å². The topological polar surface area (TPSA) is 28.2 Å². The minimum atomic E-state index is 0.700. The fraction of sp³-hybridized carbons (Fsp3) is 0.812. The molecular weight excluding hydrogens is 266 g/mol. The Morgan fingerprint density at radius 2 is 2.00 bits per heavy atom. The Morgan fingerprint density at radius 3 is 2.65 bits per heavy atom. The summed E-state index contributed by atoms with van der Waals surface area (Å²) in [4.78, 5) is 8.60. The molecule has 1 N–H and O–H groups in total. The van der Waals surface area contributed by atoms with Gasteiger partial charge < -0.3 is 10.2 Å². The van der Waals surface area contributed by atoms with Crippen LogP contribution in [-0.2, 0) is 6.54 Å². The molecule has 0 saturated heterocycles. The van der Waals surface area contributed by atoms with Crippen LogP contribution < -0.4 is 10.2 Å². The molecule has 3 nitrogen and oxygen atoms in total. The lowest BCUT2D eigenvalue weighted by atomic mass is 9.95. The van der Waals surface area contributed by atoms with Crippen molar-refractivity contribution in [3.8, 4) is 0 Å². The van der Waals surface area contributed by atoms with Crippen molar-refractivity contribution >= 4 is 16.5 Å². The average molecular weight is 295 g/mol.